The first-order valence-electron chi connectivity index (χ1n) is 10.2. The van der Waals surface area contributed by atoms with Crippen molar-refractivity contribution in [2.24, 2.45) is 7.05 Å². The van der Waals surface area contributed by atoms with Crippen LogP contribution in [0.3, 0.4) is 0 Å². The number of esters is 1. The van der Waals surface area contributed by atoms with Gasteiger partial charge >= 0.3 is 12.0 Å². The highest BCUT2D eigenvalue weighted by Gasteiger charge is 2.50. The van der Waals surface area contributed by atoms with Gasteiger partial charge < -0.3 is 15.4 Å². The fraction of sp³-hybridized carbons (Fsp3) is 0.650. The molecule has 1 atom stereocenters. The lowest BCUT2D eigenvalue weighted by Crippen LogP contribution is -2.47. The number of carbonyl (C=O) groups excluding carboxylic acids is 4. The zero-order chi connectivity index (χ0) is 22.6. The molecule has 1 aromatic heterocycles. The third-order valence-electron chi connectivity index (χ3n) is 5.32. The SMILES string of the molecule is CCCC1(CCC)NC(=O)N(CC(=O)O[C@@H](C)C(=O)Nc2c(C)nn(C)c2C)C1=O. The van der Waals surface area contributed by atoms with Gasteiger partial charge in [0.2, 0.25) is 0 Å². The molecular formula is C20H31N5O5. The van der Waals surface area contributed by atoms with Crippen molar-refractivity contribution in [2.45, 2.75) is 71.9 Å². The molecule has 0 aliphatic carbocycles. The van der Waals surface area contributed by atoms with E-state index in [9.17, 15) is 19.2 Å². The Hall–Kier alpha value is -2.91. The number of aromatic nitrogens is 2. The molecule has 1 saturated heterocycles. The van der Waals surface area contributed by atoms with E-state index in [1.807, 2.05) is 20.8 Å². The summed E-state index contributed by atoms with van der Waals surface area (Å²) in [6.45, 7) is 8.32. The Kier molecular flexibility index (Phi) is 7.22. The molecular weight excluding hydrogens is 390 g/mol. The Morgan fingerprint density at radius 3 is 2.30 bits per heavy atom. The maximum atomic E-state index is 12.8. The number of amides is 4. The third kappa shape index (κ3) is 4.63. The molecule has 10 nitrogen and oxygen atoms in total. The van der Waals surface area contributed by atoms with Crippen LogP contribution in [0.4, 0.5) is 10.5 Å². The Bertz CT molecular complexity index is 841. The van der Waals surface area contributed by atoms with Crippen LogP contribution in [0.1, 0.15) is 57.8 Å². The maximum Gasteiger partial charge on any atom is 0.327 e. The maximum absolute atomic E-state index is 12.8. The predicted octanol–water partition coefficient (Wildman–Crippen LogP) is 1.80. The van der Waals surface area contributed by atoms with Crippen molar-refractivity contribution in [3.8, 4) is 0 Å². The molecule has 0 saturated carbocycles. The molecule has 1 aromatic rings. The number of ether oxygens (including phenoxy) is 1. The minimum absolute atomic E-state index is 0.424. The fourth-order valence-corrected chi connectivity index (χ4v) is 3.73. The Balaban J connectivity index is 2.00. The summed E-state index contributed by atoms with van der Waals surface area (Å²) in [6.07, 6.45) is 1.33. The summed E-state index contributed by atoms with van der Waals surface area (Å²) in [5, 5.41) is 9.66. The molecule has 1 fully saturated rings. The number of rotatable bonds is 9. The van der Waals surface area contributed by atoms with Crippen LogP contribution < -0.4 is 10.6 Å². The molecule has 0 aromatic carbocycles. The first-order chi connectivity index (χ1) is 14.1. The average molecular weight is 421 g/mol. The van der Waals surface area contributed by atoms with E-state index in [2.05, 4.69) is 15.7 Å². The van der Waals surface area contributed by atoms with Gasteiger partial charge in [-0.3, -0.25) is 24.0 Å². The minimum atomic E-state index is -1.10. The van der Waals surface area contributed by atoms with Crippen LogP contribution in [0.15, 0.2) is 0 Å². The van der Waals surface area contributed by atoms with Crippen molar-refractivity contribution in [1.82, 2.24) is 20.0 Å². The van der Waals surface area contributed by atoms with Gasteiger partial charge in [0.15, 0.2) is 6.10 Å². The molecule has 0 unspecified atom stereocenters. The largest absolute Gasteiger partial charge is 0.451 e. The number of imide groups is 1. The van der Waals surface area contributed by atoms with Crippen LogP contribution in [0, 0.1) is 13.8 Å². The highest BCUT2D eigenvalue weighted by Crippen LogP contribution is 2.28. The zero-order valence-electron chi connectivity index (χ0n) is 18.5. The van der Waals surface area contributed by atoms with Crippen LogP contribution in [0.2, 0.25) is 0 Å². The van der Waals surface area contributed by atoms with E-state index in [4.69, 9.17) is 4.74 Å². The summed E-state index contributed by atoms with van der Waals surface area (Å²) in [6, 6.07) is -0.613. The number of aryl methyl sites for hydroxylation is 2. The predicted molar refractivity (Wildman–Crippen MR) is 110 cm³/mol. The summed E-state index contributed by atoms with van der Waals surface area (Å²) in [7, 11) is 1.76. The normalized spacial score (nSPS) is 16.4. The molecule has 2 heterocycles. The van der Waals surface area contributed by atoms with Gasteiger partial charge in [0.05, 0.1) is 17.1 Å². The average Bonchev–Trinajstić information content (AvgIpc) is 3.03. The molecule has 4 amide bonds. The molecule has 10 heteroatoms. The summed E-state index contributed by atoms with van der Waals surface area (Å²) in [4.78, 5) is 50.8. The fourth-order valence-electron chi connectivity index (χ4n) is 3.73. The van der Waals surface area contributed by atoms with Gasteiger partial charge in [0.1, 0.15) is 12.1 Å². The monoisotopic (exact) mass is 421 g/mol. The van der Waals surface area contributed by atoms with Crippen molar-refractivity contribution in [2.75, 3.05) is 11.9 Å². The van der Waals surface area contributed by atoms with Gasteiger partial charge in [0.25, 0.3) is 11.8 Å². The second-order valence-electron chi connectivity index (χ2n) is 7.69. The summed E-state index contributed by atoms with van der Waals surface area (Å²) in [5.74, 6) is -1.78. The first-order valence-corrected chi connectivity index (χ1v) is 10.2. The molecule has 2 N–H and O–H groups in total. The van der Waals surface area contributed by atoms with Crippen molar-refractivity contribution in [1.29, 1.82) is 0 Å². The molecule has 2 rings (SSSR count). The van der Waals surface area contributed by atoms with E-state index < -0.39 is 42.0 Å². The van der Waals surface area contributed by atoms with Crippen molar-refractivity contribution < 1.29 is 23.9 Å². The van der Waals surface area contributed by atoms with E-state index in [0.717, 1.165) is 10.6 Å². The number of nitrogens with one attached hydrogen (secondary N) is 2. The molecule has 166 valence electrons. The van der Waals surface area contributed by atoms with E-state index in [1.165, 1.54) is 6.92 Å². The number of hydrogen-bond donors (Lipinski definition) is 2. The van der Waals surface area contributed by atoms with Crippen LogP contribution in [-0.2, 0) is 26.2 Å². The van der Waals surface area contributed by atoms with Gasteiger partial charge in [-0.2, -0.15) is 5.10 Å². The summed E-state index contributed by atoms with van der Waals surface area (Å²) < 4.78 is 6.80. The van der Waals surface area contributed by atoms with Crippen molar-refractivity contribution >= 4 is 29.5 Å². The quantitative estimate of drug-likeness (QED) is 0.463. The second kappa shape index (κ2) is 9.27. The number of urea groups is 1. The molecule has 30 heavy (non-hydrogen) atoms. The van der Waals surface area contributed by atoms with Gasteiger partial charge in [-0.1, -0.05) is 26.7 Å². The third-order valence-corrected chi connectivity index (χ3v) is 5.32. The highest BCUT2D eigenvalue weighted by atomic mass is 16.5. The molecule has 0 spiro atoms. The first kappa shape index (κ1) is 23.4. The van der Waals surface area contributed by atoms with E-state index >= 15 is 0 Å². The lowest BCUT2D eigenvalue weighted by atomic mass is 9.88. The van der Waals surface area contributed by atoms with Crippen molar-refractivity contribution in [3.05, 3.63) is 11.4 Å². The van der Waals surface area contributed by atoms with Crippen LogP contribution >= 0.6 is 0 Å². The van der Waals surface area contributed by atoms with Gasteiger partial charge in [0, 0.05) is 7.05 Å². The summed E-state index contributed by atoms with van der Waals surface area (Å²) in [5.41, 5.74) is 0.994. The van der Waals surface area contributed by atoms with Crippen LogP contribution in [-0.4, -0.2) is 56.7 Å². The number of nitrogens with zero attached hydrogens (tertiary/aromatic N) is 3. The Labute approximate surface area is 176 Å². The van der Waals surface area contributed by atoms with Crippen LogP contribution in [0.5, 0.6) is 0 Å². The van der Waals surface area contributed by atoms with Crippen molar-refractivity contribution in [3.63, 3.8) is 0 Å². The molecule has 0 bridgehead atoms. The van der Waals surface area contributed by atoms with E-state index in [1.54, 1.807) is 18.7 Å². The number of anilines is 1. The van der Waals surface area contributed by atoms with E-state index in [-0.39, 0.29) is 0 Å². The molecule has 1 aliphatic heterocycles. The second-order valence-corrected chi connectivity index (χ2v) is 7.69. The molecule has 0 radical (unpaired) electrons. The lowest BCUT2D eigenvalue weighted by Gasteiger charge is -2.25. The van der Waals surface area contributed by atoms with Gasteiger partial charge in [-0.05, 0) is 33.6 Å². The Morgan fingerprint density at radius 2 is 1.80 bits per heavy atom. The topological polar surface area (TPSA) is 123 Å². The van der Waals surface area contributed by atoms with E-state index in [0.29, 0.717) is 37.1 Å². The molecule has 1 aliphatic rings. The standard InChI is InChI=1S/C20H31N5O5/c1-7-9-20(10-8-2)18(28)25(19(29)22-20)11-15(26)30-14(5)17(27)21-16-12(3)23-24(6)13(16)4/h14H,7-11H2,1-6H3,(H,21,27)(H,22,29)/t14-/m0/s1. The van der Waals surface area contributed by atoms with Gasteiger partial charge in [-0.15, -0.1) is 0 Å². The smallest absolute Gasteiger partial charge is 0.327 e. The number of carbonyl (C=O) groups is 4. The van der Waals surface area contributed by atoms with Gasteiger partial charge in [-0.25, -0.2) is 4.79 Å². The Morgan fingerprint density at radius 1 is 1.20 bits per heavy atom. The zero-order valence-corrected chi connectivity index (χ0v) is 18.5. The lowest BCUT2D eigenvalue weighted by molar-refractivity contribution is -0.155. The minimum Gasteiger partial charge on any atom is -0.451 e. The summed E-state index contributed by atoms with van der Waals surface area (Å²) >= 11 is 0. The highest BCUT2D eigenvalue weighted by molar-refractivity contribution is 6.08. The number of hydrogen-bond acceptors (Lipinski definition) is 6. The van der Waals surface area contributed by atoms with Crippen LogP contribution in [0.25, 0.3) is 0 Å².